The van der Waals surface area contributed by atoms with E-state index < -0.39 is 97.5 Å². The number of esters is 4. The normalized spacial score (nSPS) is 14.3. The third-order valence-electron chi connectivity index (χ3n) is 18.5. The number of phosphoric acid groups is 2. The highest BCUT2D eigenvalue weighted by Crippen LogP contribution is 2.45. The first kappa shape index (κ1) is 95.1. The Bertz CT molecular complexity index is 1890. The minimum Gasteiger partial charge on any atom is -0.462 e. The summed E-state index contributed by atoms with van der Waals surface area (Å²) in [4.78, 5) is 72.9. The summed E-state index contributed by atoms with van der Waals surface area (Å²) in [5.41, 5.74) is 0. The van der Waals surface area contributed by atoms with Crippen LogP contribution in [-0.2, 0) is 65.4 Å². The number of phosphoric ester groups is 2. The standard InChI is InChI=1S/C78H152O17P2/c1-8-10-11-12-13-14-15-22-31-38-45-52-59-75(80)88-65-74(95-78(83)62-55-48-41-34-26-24-29-36-43-50-57-70(5)6)68-93-97(86,87)91-64-72(79)63-90-96(84,85)92-67-73(66-89-76(81)60-53-46-39-32-27-25-30-37-44-51-58-71(7)9-2)94-77(82)61-54-47-40-33-23-20-18-16-17-19-21-28-35-42-49-56-69(3)4/h69-74,79H,8-68H2,1-7H3,(H,84,85)(H,86,87)/t71?,72-,73-,74-/m1/s1. The van der Waals surface area contributed by atoms with Gasteiger partial charge in [0.2, 0.25) is 0 Å². The van der Waals surface area contributed by atoms with E-state index in [0.717, 1.165) is 108 Å². The summed E-state index contributed by atoms with van der Waals surface area (Å²) in [6.45, 7) is 12.0. The van der Waals surface area contributed by atoms with Crippen molar-refractivity contribution in [2.24, 2.45) is 17.8 Å². The van der Waals surface area contributed by atoms with Crippen molar-refractivity contribution in [1.82, 2.24) is 0 Å². The highest BCUT2D eigenvalue weighted by atomic mass is 31.2. The molecule has 0 aliphatic rings. The molecule has 19 heteroatoms. The van der Waals surface area contributed by atoms with Crippen molar-refractivity contribution in [2.75, 3.05) is 39.6 Å². The monoisotopic (exact) mass is 1420 g/mol. The molecule has 0 aromatic rings. The van der Waals surface area contributed by atoms with Gasteiger partial charge in [-0.15, -0.1) is 0 Å². The third-order valence-corrected chi connectivity index (χ3v) is 20.4. The molecule has 0 rings (SSSR count). The zero-order chi connectivity index (χ0) is 71.6. The van der Waals surface area contributed by atoms with Crippen LogP contribution in [0.3, 0.4) is 0 Å². The van der Waals surface area contributed by atoms with Crippen LogP contribution < -0.4 is 0 Å². The molecule has 3 unspecified atom stereocenters. The number of hydrogen-bond donors (Lipinski definition) is 3. The molecule has 0 saturated carbocycles. The lowest BCUT2D eigenvalue weighted by molar-refractivity contribution is -0.161. The fourth-order valence-electron chi connectivity index (χ4n) is 11.9. The lowest BCUT2D eigenvalue weighted by atomic mass is 9.99. The first-order valence-corrected chi connectivity index (χ1v) is 43.4. The SMILES string of the molecule is CCCCCCCCCCCCCCC(=O)OC[C@H](COP(=O)(O)OC[C@H](O)COP(=O)(O)OC[C@@H](COC(=O)CCCCCCCCCCCCC(C)CC)OC(=O)CCCCCCCCCCCCCCCCCC(C)C)OC(=O)CCCCCCCCCCCCC(C)C. The van der Waals surface area contributed by atoms with Crippen LogP contribution in [0.15, 0.2) is 0 Å². The summed E-state index contributed by atoms with van der Waals surface area (Å²) in [5, 5.41) is 10.6. The Hall–Kier alpha value is -1.94. The number of aliphatic hydroxyl groups excluding tert-OH is 1. The van der Waals surface area contributed by atoms with Crippen LogP contribution in [0.1, 0.15) is 402 Å². The van der Waals surface area contributed by atoms with Gasteiger partial charge in [0.15, 0.2) is 12.2 Å². The molecule has 0 aromatic heterocycles. The number of carbonyl (C=O) groups is 4. The van der Waals surface area contributed by atoms with Crippen LogP contribution in [0.5, 0.6) is 0 Å². The maximum absolute atomic E-state index is 13.1. The van der Waals surface area contributed by atoms with Gasteiger partial charge < -0.3 is 33.8 Å². The second-order valence-electron chi connectivity index (χ2n) is 29.3. The van der Waals surface area contributed by atoms with Gasteiger partial charge in [-0.05, 0) is 43.4 Å². The summed E-state index contributed by atoms with van der Waals surface area (Å²) in [5.74, 6) is 0.251. The molecule has 3 N–H and O–H groups in total. The Kier molecular flexibility index (Phi) is 67.1. The van der Waals surface area contributed by atoms with E-state index in [2.05, 4.69) is 48.5 Å². The molecule has 0 heterocycles. The number of rotatable bonds is 76. The number of unbranched alkanes of at least 4 members (excludes halogenated alkanes) is 43. The molecule has 576 valence electrons. The molecule has 0 fully saturated rings. The molecule has 6 atom stereocenters. The van der Waals surface area contributed by atoms with Crippen molar-refractivity contribution in [1.29, 1.82) is 0 Å². The van der Waals surface area contributed by atoms with Gasteiger partial charge in [0.25, 0.3) is 0 Å². The summed E-state index contributed by atoms with van der Waals surface area (Å²) in [6.07, 6.45) is 55.3. The Labute approximate surface area is 594 Å². The minimum atomic E-state index is -4.96. The molecule has 0 spiro atoms. The second-order valence-corrected chi connectivity index (χ2v) is 32.2. The Morgan fingerprint density at radius 1 is 0.299 bits per heavy atom. The van der Waals surface area contributed by atoms with Crippen molar-refractivity contribution in [3.8, 4) is 0 Å². The molecule has 0 aromatic carbocycles. The van der Waals surface area contributed by atoms with Gasteiger partial charge in [-0.1, -0.05) is 350 Å². The van der Waals surface area contributed by atoms with Crippen LogP contribution in [0.2, 0.25) is 0 Å². The second kappa shape index (κ2) is 68.5. The lowest BCUT2D eigenvalue weighted by Crippen LogP contribution is -2.30. The molecule has 0 saturated heterocycles. The van der Waals surface area contributed by atoms with E-state index in [0.29, 0.717) is 25.7 Å². The average Bonchev–Trinajstić information content (AvgIpc) is 1.30. The van der Waals surface area contributed by atoms with Gasteiger partial charge >= 0.3 is 39.5 Å². The van der Waals surface area contributed by atoms with Gasteiger partial charge in [0.1, 0.15) is 19.3 Å². The zero-order valence-corrected chi connectivity index (χ0v) is 65.3. The lowest BCUT2D eigenvalue weighted by Gasteiger charge is -2.21. The van der Waals surface area contributed by atoms with E-state index in [-0.39, 0.29) is 25.7 Å². The van der Waals surface area contributed by atoms with E-state index in [4.69, 9.17) is 37.0 Å². The number of hydrogen-bond acceptors (Lipinski definition) is 15. The van der Waals surface area contributed by atoms with Crippen LogP contribution >= 0.6 is 15.6 Å². The third kappa shape index (κ3) is 70.9. The van der Waals surface area contributed by atoms with E-state index in [1.807, 2.05) is 0 Å². The summed E-state index contributed by atoms with van der Waals surface area (Å²) >= 11 is 0. The molecular formula is C78H152O17P2. The van der Waals surface area contributed by atoms with Gasteiger partial charge in [0.05, 0.1) is 26.4 Å². The topological polar surface area (TPSA) is 237 Å². The predicted molar refractivity (Wildman–Crippen MR) is 395 cm³/mol. The van der Waals surface area contributed by atoms with Crippen LogP contribution in [-0.4, -0.2) is 96.7 Å². The summed E-state index contributed by atoms with van der Waals surface area (Å²) in [6, 6.07) is 0. The van der Waals surface area contributed by atoms with Crippen LogP contribution in [0.25, 0.3) is 0 Å². The maximum Gasteiger partial charge on any atom is 0.472 e. The number of aliphatic hydroxyl groups is 1. The Morgan fingerprint density at radius 2 is 0.526 bits per heavy atom. The van der Waals surface area contributed by atoms with E-state index in [9.17, 15) is 43.2 Å². The molecule has 17 nitrogen and oxygen atoms in total. The summed E-state index contributed by atoms with van der Waals surface area (Å²) in [7, 11) is -9.92. The van der Waals surface area contributed by atoms with Crippen molar-refractivity contribution in [3.63, 3.8) is 0 Å². The molecule has 97 heavy (non-hydrogen) atoms. The molecule has 0 radical (unpaired) electrons. The van der Waals surface area contributed by atoms with Crippen LogP contribution in [0.4, 0.5) is 0 Å². The first-order chi connectivity index (χ1) is 46.8. The molecule has 0 aliphatic carbocycles. The fourth-order valence-corrected chi connectivity index (χ4v) is 13.5. The highest BCUT2D eigenvalue weighted by molar-refractivity contribution is 7.47. The molecular weight excluding hydrogens is 1270 g/mol. The zero-order valence-electron chi connectivity index (χ0n) is 63.5. The van der Waals surface area contributed by atoms with Gasteiger partial charge in [-0.25, -0.2) is 9.13 Å². The van der Waals surface area contributed by atoms with Gasteiger partial charge in [0, 0.05) is 25.7 Å². The van der Waals surface area contributed by atoms with Gasteiger partial charge in [-0.2, -0.15) is 0 Å². The smallest absolute Gasteiger partial charge is 0.462 e. The Balaban J connectivity index is 5.26. The minimum absolute atomic E-state index is 0.106. The summed E-state index contributed by atoms with van der Waals surface area (Å²) < 4.78 is 68.6. The molecule has 0 bridgehead atoms. The van der Waals surface area contributed by atoms with Gasteiger partial charge in [-0.3, -0.25) is 37.3 Å². The maximum atomic E-state index is 13.1. The van der Waals surface area contributed by atoms with Crippen molar-refractivity contribution in [2.45, 2.75) is 420 Å². The fraction of sp³-hybridized carbons (Fsp3) is 0.949. The first-order valence-electron chi connectivity index (χ1n) is 40.4. The largest absolute Gasteiger partial charge is 0.472 e. The quantitative estimate of drug-likeness (QED) is 0.0222. The van der Waals surface area contributed by atoms with E-state index in [1.165, 1.54) is 212 Å². The van der Waals surface area contributed by atoms with Crippen LogP contribution in [0, 0.1) is 17.8 Å². The van der Waals surface area contributed by atoms with E-state index in [1.54, 1.807) is 0 Å². The number of ether oxygens (including phenoxy) is 4. The highest BCUT2D eigenvalue weighted by Gasteiger charge is 2.30. The number of carbonyl (C=O) groups excluding carboxylic acids is 4. The predicted octanol–water partition coefficient (Wildman–Crippen LogP) is 23.0. The molecule has 0 amide bonds. The average molecular weight is 1420 g/mol. The van der Waals surface area contributed by atoms with Crippen molar-refractivity contribution < 1.29 is 80.2 Å². The van der Waals surface area contributed by atoms with E-state index >= 15 is 0 Å². The Morgan fingerprint density at radius 3 is 0.784 bits per heavy atom. The van der Waals surface area contributed by atoms with Crippen molar-refractivity contribution >= 4 is 39.5 Å². The molecule has 0 aliphatic heterocycles. The van der Waals surface area contributed by atoms with Crippen molar-refractivity contribution in [3.05, 3.63) is 0 Å².